The summed E-state index contributed by atoms with van der Waals surface area (Å²) in [5.74, 6) is 1.38. The van der Waals surface area contributed by atoms with Crippen molar-refractivity contribution in [3.05, 3.63) is 22.7 Å². The molecule has 0 aliphatic carbocycles. The third kappa shape index (κ3) is 2.19. The van der Waals surface area contributed by atoms with Crippen molar-refractivity contribution in [3.63, 3.8) is 0 Å². The first-order valence-corrected chi connectivity index (χ1v) is 5.39. The number of hydrogen-bond donors (Lipinski definition) is 1. The number of benzene rings is 1. The smallest absolute Gasteiger partial charge is 0.180 e. The van der Waals surface area contributed by atoms with Crippen LogP contribution in [0.1, 0.15) is 12.5 Å². The van der Waals surface area contributed by atoms with Crippen molar-refractivity contribution in [2.24, 2.45) is 5.73 Å². The zero-order chi connectivity index (χ0) is 10.8. The molecule has 1 unspecified atom stereocenters. The Balaban J connectivity index is 2.34. The van der Waals surface area contributed by atoms with Crippen molar-refractivity contribution in [1.29, 1.82) is 0 Å². The summed E-state index contributed by atoms with van der Waals surface area (Å²) >= 11 is 6.21. The summed E-state index contributed by atoms with van der Waals surface area (Å²) in [7, 11) is 0. The predicted octanol–water partition coefficient (Wildman–Crippen LogP) is 2.00. The Morgan fingerprint density at radius 3 is 2.87 bits per heavy atom. The zero-order valence-corrected chi connectivity index (χ0v) is 9.38. The maximum absolute atomic E-state index is 6.21. The van der Waals surface area contributed by atoms with E-state index in [1.54, 1.807) is 0 Å². The van der Waals surface area contributed by atoms with Gasteiger partial charge >= 0.3 is 0 Å². The molecule has 15 heavy (non-hydrogen) atoms. The van der Waals surface area contributed by atoms with Gasteiger partial charge in [-0.1, -0.05) is 17.7 Å². The van der Waals surface area contributed by atoms with E-state index in [1.165, 1.54) is 0 Å². The molecule has 82 valence electrons. The molecule has 2 N–H and O–H groups in total. The van der Waals surface area contributed by atoms with E-state index in [0.29, 0.717) is 24.0 Å². The van der Waals surface area contributed by atoms with Gasteiger partial charge < -0.3 is 15.2 Å². The lowest BCUT2D eigenvalue weighted by molar-refractivity contribution is 0.171. The molecule has 1 aliphatic heterocycles. The second-order valence-electron chi connectivity index (χ2n) is 3.74. The fraction of sp³-hybridized carbons (Fsp3) is 0.455. The quantitative estimate of drug-likeness (QED) is 0.841. The Kier molecular flexibility index (Phi) is 3.03. The van der Waals surface area contributed by atoms with Crippen molar-refractivity contribution in [1.82, 2.24) is 0 Å². The van der Waals surface area contributed by atoms with Crippen LogP contribution in [0.4, 0.5) is 0 Å². The van der Waals surface area contributed by atoms with Crippen LogP contribution < -0.4 is 15.2 Å². The molecule has 0 radical (unpaired) electrons. The molecule has 4 heteroatoms. The lowest BCUT2D eigenvalue weighted by atomic mass is 10.1. The fourth-order valence-corrected chi connectivity index (χ4v) is 1.91. The molecule has 1 heterocycles. The van der Waals surface area contributed by atoms with E-state index in [1.807, 2.05) is 19.1 Å². The normalized spacial score (nSPS) is 16.2. The average molecular weight is 228 g/mol. The highest BCUT2D eigenvalue weighted by molar-refractivity contribution is 6.33. The number of hydrogen-bond acceptors (Lipinski definition) is 3. The van der Waals surface area contributed by atoms with E-state index >= 15 is 0 Å². The molecule has 0 aromatic heterocycles. The first-order valence-electron chi connectivity index (χ1n) is 5.01. The van der Waals surface area contributed by atoms with E-state index in [4.69, 9.17) is 26.8 Å². The van der Waals surface area contributed by atoms with Gasteiger partial charge in [0.1, 0.15) is 13.2 Å². The molecular weight excluding hydrogens is 214 g/mol. The molecule has 0 amide bonds. The van der Waals surface area contributed by atoms with Crippen LogP contribution in [0.2, 0.25) is 5.02 Å². The number of rotatable bonds is 2. The summed E-state index contributed by atoms with van der Waals surface area (Å²) in [6.45, 7) is 3.08. The summed E-state index contributed by atoms with van der Waals surface area (Å²) in [5.41, 5.74) is 6.75. The van der Waals surface area contributed by atoms with Gasteiger partial charge in [-0.05, 0) is 25.0 Å². The van der Waals surface area contributed by atoms with Gasteiger partial charge in [-0.2, -0.15) is 0 Å². The lowest BCUT2D eigenvalue weighted by Gasteiger charge is -2.21. The van der Waals surface area contributed by atoms with Crippen LogP contribution in [0.5, 0.6) is 11.5 Å². The number of fused-ring (bicyclic) bond motifs is 1. The SMILES string of the molecule is CC(N)Cc1ccc2c(c1Cl)OCCO2. The molecule has 0 fully saturated rings. The highest BCUT2D eigenvalue weighted by Crippen LogP contribution is 2.39. The Bertz CT molecular complexity index is 366. The van der Waals surface area contributed by atoms with Gasteiger partial charge in [0.2, 0.25) is 0 Å². The number of halogens is 1. The number of nitrogens with two attached hydrogens (primary N) is 1. The summed E-state index contributed by atoms with van der Waals surface area (Å²) < 4.78 is 10.9. The Morgan fingerprint density at radius 2 is 2.13 bits per heavy atom. The number of ether oxygens (including phenoxy) is 2. The molecule has 0 saturated heterocycles. The Labute approximate surface area is 94.1 Å². The fourth-order valence-electron chi connectivity index (χ4n) is 1.63. The summed E-state index contributed by atoms with van der Waals surface area (Å²) in [4.78, 5) is 0. The van der Waals surface area contributed by atoms with Gasteiger partial charge in [0.05, 0.1) is 5.02 Å². The summed E-state index contributed by atoms with van der Waals surface area (Å²) in [5, 5.41) is 0.629. The van der Waals surface area contributed by atoms with Gasteiger partial charge in [-0.15, -0.1) is 0 Å². The molecule has 1 aromatic rings. The van der Waals surface area contributed by atoms with Crippen molar-refractivity contribution in [2.75, 3.05) is 13.2 Å². The molecule has 1 aromatic carbocycles. The highest BCUT2D eigenvalue weighted by atomic mass is 35.5. The van der Waals surface area contributed by atoms with E-state index in [2.05, 4.69) is 0 Å². The van der Waals surface area contributed by atoms with E-state index in [9.17, 15) is 0 Å². The van der Waals surface area contributed by atoms with Crippen LogP contribution in [0.25, 0.3) is 0 Å². The monoisotopic (exact) mass is 227 g/mol. The van der Waals surface area contributed by atoms with E-state index < -0.39 is 0 Å². The van der Waals surface area contributed by atoms with Crippen molar-refractivity contribution < 1.29 is 9.47 Å². The van der Waals surface area contributed by atoms with Gasteiger partial charge in [0.15, 0.2) is 11.5 Å². The third-order valence-electron chi connectivity index (χ3n) is 2.27. The minimum Gasteiger partial charge on any atom is -0.486 e. The van der Waals surface area contributed by atoms with E-state index in [-0.39, 0.29) is 6.04 Å². The van der Waals surface area contributed by atoms with Gasteiger partial charge in [0, 0.05) is 6.04 Å². The van der Waals surface area contributed by atoms with Crippen LogP contribution in [-0.2, 0) is 6.42 Å². The summed E-state index contributed by atoms with van der Waals surface area (Å²) in [6, 6.07) is 3.92. The van der Waals surface area contributed by atoms with Crippen LogP contribution in [0, 0.1) is 0 Å². The molecule has 0 saturated carbocycles. The van der Waals surface area contributed by atoms with Crippen LogP contribution >= 0.6 is 11.6 Å². The molecule has 1 aliphatic rings. The molecule has 1 atom stereocenters. The van der Waals surface area contributed by atoms with Crippen molar-refractivity contribution in [2.45, 2.75) is 19.4 Å². The maximum atomic E-state index is 6.21. The molecular formula is C11H14ClNO2. The molecule has 2 rings (SSSR count). The maximum Gasteiger partial charge on any atom is 0.180 e. The minimum atomic E-state index is 0.0880. The molecule has 0 spiro atoms. The Hall–Kier alpha value is -0.930. The van der Waals surface area contributed by atoms with E-state index in [0.717, 1.165) is 17.7 Å². The lowest BCUT2D eigenvalue weighted by Crippen LogP contribution is -2.19. The predicted molar refractivity (Wildman–Crippen MR) is 59.8 cm³/mol. The van der Waals surface area contributed by atoms with Gasteiger partial charge in [0.25, 0.3) is 0 Å². The molecule has 0 bridgehead atoms. The van der Waals surface area contributed by atoms with Crippen LogP contribution in [-0.4, -0.2) is 19.3 Å². The average Bonchev–Trinajstić information content (AvgIpc) is 2.22. The first kappa shape index (κ1) is 10.6. The standard InChI is InChI=1S/C11H14ClNO2/c1-7(13)6-8-2-3-9-11(10(8)12)15-5-4-14-9/h2-3,7H,4-6,13H2,1H3. The third-order valence-corrected chi connectivity index (χ3v) is 2.68. The largest absolute Gasteiger partial charge is 0.486 e. The van der Waals surface area contributed by atoms with Crippen molar-refractivity contribution >= 4 is 11.6 Å². The van der Waals surface area contributed by atoms with Gasteiger partial charge in [-0.25, -0.2) is 0 Å². The highest BCUT2D eigenvalue weighted by Gasteiger charge is 2.18. The van der Waals surface area contributed by atoms with Crippen LogP contribution in [0.3, 0.4) is 0 Å². The zero-order valence-electron chi connectivity index (χ0n) is 8.63. The van der Waals surface area contributed by atoms with Crippen molar-refractivity contribution in [3.8, 4) is 11.5 Å². The minimum absolute atomic E-state index is 0.0880. The Morgan fingerprint density at radius 1 is 1.40 bits per heavy atom. The molecule has 3 nitrogen and oxygen atoms in total. The topological polar surface area (TPSA) is 44.5 Å². The second kappa shape index (κ2) is 4.29. The summed E-state index contributed by atoms with van der Waals surface area (Å²) in [6.07, 6.45) is 0.746. The second-order valence-corrected chi connectivity index (χ2v) is 4.12. The van der Waals surface area contributed by atoms with Crippen LogP contribution in [0.15, 0.2) is 12.1 Å². The first-order chi connectivity index (χ1) is 7.18. The van der Waals surface area contributed by atoms with Gasteiger partial charge in [-0.3, -0.25) is 0 Å².